The fourth-order valence-corrected chi connectivity index (χ4v) is 2.77. The molecule has 17 heavy (non-hydrogen) atoms. The molecule has 0 aliphatic carbocycles. The average Bonchev–Trinajstić information content (AvgIpc) is 2.99. The van der Waals surface area contributed by atoms with E-state index in [9.17, 15) is 0 Å². The van der Waals surface area contributed by atoms with Gasteiger partial charge in [-0.15, -0.1) is 16.7 Å². The van der Waals surface area contributed by atoms with Crippen LogP contribution >= 0.6 is 11.6 Å². The lowest BCUT2D eigenvalue weighted by Gasteiger charge is -2.36. The molecule has 3 rings (SSSR count). The standard InChI is InChI=1S/C11H16ClN3O2/c12-6-9-7-15(14-13-9)10-1-3-17-11(5-10)2-4-16-8-11/h7,10H,1-6,8H2. The van der Waals surface area contributed by atoms with Gasteiger partial charge in [0.25, 0.3) is 0 Å². The molecule has 2 fully saturated rings. The largest absolute Gasteiger partial charge is 0.378 e. The maximum absolute atomic E-state index is 5.90. The van der Waals surface area contributed by atoms with Crippen LogP contribution in [0.15, 0.2) is 6.20 Å². The average molecular weight is 258 g/mol. The first-order chi connectivity index (χ1) is 8.31. The summed E-state index contributed by atoms with van der Waals surface area (Å²) in [5.41, 5.74) is 0.741. The Morgan fingerprint density at radius 3 is 3.18 bits per heavy atom. The normalized spacial score (nSPS) is 33.4. The smallest absolute Gasteiger partial charge is 0.0974 e. The van der Waals surface area contributed by atoms with Crippen molar-refractivity contribution in [2.45, 2.75) is 36.8 Å². The van der Waals surface area contributed by atoms with E-state index in [0.717, 1.165) is 38.2 Å². The van der Waals surface area contributed by atoms with Crippen LogP contribution < -0.4 is 0 Å². The van der Waals surface area contributed by atoms with Crippen LogP contribution in [0.5, 0.6) is 0 Å². The maximum Gasteiger partial charge on any atom is 0.0974 e. The van der Waals surface area contributed by atoms with Crippen molar-refractivity contribution in [2.75, 3.05) is 19.8 Å². The second kappa shape index (κ2) is 4.55. The molecule has 3 heterocycles. The van der Waals surface area contributed by atoms with Gasteiger partial charge in [-0.1, -0.05) is 5.21 Å². The Hall–Kier alpha value is -0.650. The van der Waals surface area contributed by atoms with Crippen molar-refractivity contribution in [1.82, 2.24) is 15.0 Å². The molecular weight excluding hydrogens is 242 g/mol. The van der Waals surface area contributed by atoms with Gasteiger partial charge in [0, 0.05) is 32.3 Å². The van der Waals surface area contributed by atoms with E-state index in [4.69, 9.17) is 21.1 Å². The van der Waals surface area contributed by atoms with Gasteiger partial charge in [-0.25, -0.2) is 4.68 Å². The Bertz CT molecular complexity index is 390. The molecule has 5 nitrogen and oxygen atoms in total. The summed E-state index contributed by atoms with van der Waals surface area (Å²) in [6.45, 7) is 2.28. The second-order valence-electron chi connectivity index (χ2n) is 4.80. The van der Waals surface area contributed by atoms with Crippen LogP contribution in [0.3, 0.4) is 0 Å². The highest BCUT2D eigenvalue weighted by Crippen LogP contribution is 2.37. The molecule has 2 aliphatic heterocycles. The first kappa shape index (κ1) is 11.4. The van der Waals surface area contributed by atoms with E-state index < -0.39 is 0 Å². The van der Waals surface area contributed by atoms with E-state index in [1.54, 1.807) is 0 Å². The van der Waals surface area contributed by atoms with Gasteiger partial charge in [-0.3, -0.25) is 0 Å². The molecule has 1 aromatic heterocycles. The van der Waals surface area contributed by atoms with Crippen LogP contribution in [0.4, 0.5) is 0 Å². The summed E-state index contributed by atoms with van der Waals surface area (Å²) in [5, 5.41) is 8.18. The second-order valence-corrected chi connectivity index (χ2v) is 5.07. The van der Waals surface area contributed by atoms with Crippen molar-refractivity contribution in [2.24, 2.45) is 0 Å². The highest BCUT2D eigenvalue weighted by atomic mass is 35.5. The SMILES string of the molecule is ClCc1cn(C2CCOC3(CCOC3)C2)nn1. The summed E-state index contributed by atoms with van der Waals surface area (Å²) >= 11 is 5.74. The van der Waals surface area contributed by atoms with Crippen LogP contribution in [-0.2, 0) is 15.4 Å². The highest BCUT2D eigenvalue weighted by Gasteiger charge is 2.41. The summed E-state index contributed by atoms with van der Waals surface area (Å²) in [6, 6.07) is 0.356. The molecule has 6 heteroatoms. The quantitative estimate of drug-likeness (QED) is 0.754. The Morgan fingerprint density at radius 2 is 2.47 bits per heavy atom. The molecule has 0 saturated carbocycles. The molecule has 1 aromatic rings. The molecule has 0 aromatic carbocycles. The predicted octanol–water partition coefficient (Wildman–Crippen LogP) is 1.53. The molecule has 0 N–H and O–H groups in total. The summed E-state index contributed by atoms with van der Waals surface area (Å²) in [4.78, 5) is 0. The molecule has 0 radical (unpaired) electrons. The van der Waals surface area contributed by atoms with Crippen molar-refractivity contribution < 1.29 is 9.47 Å². The van der Waals surface area contributed by atoms with Gasteiger partial charge in [0.05, 0.1) is 29.8 Å². The zero-order valence-electron chi connectivity index (χ0n) is 9.64. The van der Waals surface area contributed by atoms with Crippen molar-refractivity contribution >= 4 is 11.6 Å². The van der Waals surface area contributed by atoms with E-state index in [0.29, 0.717) is 18.5 Å². The Labute approximate surface area is 105 Å². The predicted molar refractivity (Wildman–Crippen MR) is 62.0 cm³/mol. The van der Waals surface area contributed by atoms with Crippen LogP contribution in [0, 0.1) is 0 Å². The minimum Gasteiger partial charge on any atom is -0.378 e. The zero-order valence-corrected chi connectivity index (χ0v) is 10.4. The Morgan fingerprint density at radius 1 is 1.53 bits per heavy atom. The van der Waals surface area contributed by atoms with Gasteiger partial charge in [-0.2, -0.15) is 0 Å². The number of hydrogen-bond donors (Lipinski definition) is 0. The van der Waals surface area contributed by atoms with Gasteiger partial charge in [0.2, 0.25) is 0 Å². The van der Waals surface area contributed by atoms with Crippen LogP contribution in [-0.4, -0.2) is 40.4 Å². The minimum absolute atomic E-state index is 0.0873. The molecule has 2 unspecified atom stereocenters. The molecular formula is C11H16ClN3O2. The van der Waals surface area contributed by atoms with Crippen LogP contribution in [0.25, 0.3) is 0 Å². The van der Waals surface area contributed by atoms with Crippen molar-refractivity contribution in [3.05, 3.63) is 11.9 Å². The van der Waals surface area contributed by atoms with Gasteiger partial charge in [0.1, 0.15) is 0 Å². The van der Waals surface area contributed by atoms with E-state index in [-0.39, 0.29) is 5.60 Å². The summed E-state index contributed by atoms with van der Waals surface area (Å²) in [6.07, 6.45) is 4.86. The number of nitrogens with zero attached hydrogens (tertiary/aromatic N) is 3. The van der Waals surface area contributed by atoms with Crippen LogP contribution in [0.2, 0.25) is 0 Å². The Balaban J connectivity index is 1.74. The molecule has 0 amide bonds. The molecule has 0 bridgehead atoms. The number of halogens is 1. The van der Waals surface area contributed by atoms with Crippen molar-refractivity contribution in [3.8, 4) is 0 Å². The van der Waals surface area contributed by atoms with E-state index in [1.165, 1.54) is 0 Å². The van der Waals surface area contributed by atoms with Gasteiger partial charge in [0.15, 0.2) is 0 Å². The Kier molecular flexibility index (Phi) is 3.06. The number of alkyl halides is 1. The third kappa shape index (κ3) is 2.19. The van der Waals surface area contributed by atoms with E-state index in [1.807, 2.05) is 10.9 Å². The monoisotopic (exact) mass is 257 g/mol. The molecule has 1 spiro atoms. The minimum atomic E-state index is -0.0873. The van der Waals surface area contributed by atoms with E-state index >= 15 is 0 Å². The molecule has 2 saturated heterocycles. The fourth-order valence-electron chi connectivity index (χ4n) is 2.64. The summed E-state index contributed by atoms with van der Waals surface area (Å²) in [7, 11) is 0. The summed E-state index contributed by atoms with van der Waals surface area (Å²) in [5.74, 6) is 0.414. The topological polar surface area (TPSA) is 49.2 Å². The third-order valence-electron chi connectivity index (χ3n) is 3.60. The van der Waals surface area contributed by atoms with Gasteiger partial charge in [-0.05, 0) is 6.42 Å². The number of hydrogen-bond acceptors (Lipinski definition) is 4. The van der Waals surface area contributed by atoms with Crippen LogP contribution in [0.1, 0.15) is 31.0 Å². The maximum atomic E-state index is 5.90. The lowest BCUT2D eigenvalue weighted by molar-refractivity contribution is -0.0964. The third-order valence-corrected chi connectivity index (χ3v) is 3.88. The first-order valence-electron chi connectivity index (χ1n) is 6.00. The highest BCUT2D eigenvalue weighted by molar-refractivity contribution is 6.16. The number of rotatable bonds is 2. The van der Waals surface area contributed by atoms with Gasteiger partial charge >= 0.3 is 0 Å². The first-order valence-corrected chi connectivity index (χ1v) is 6.53. The number of aromatic nitrogens is 3. The lowest BCUT2D eigenvalue weighted by Crippen LogP contribution is -2.41. The molecule has 2 atom stereocenters. The van der Waals surface area contributed by atoms with Gasteiger partial charge < -0.3 is 9.47 Å². The fraction of sp³-hybridized carbons (Fsp3) is 0.818. The molecule has 94 valence electrons. The van der Waals surface area contributed by atoms with E-state index in [2.05, 4.69) is 10.3 Å². The summed E-state index contributed by atoms with van der Waals surface area (Å²) < 4.78 is 13.3. The molecule has 2 aliphatic rings. The van der Waals surface area contributed by atoms with Crippen molar-refractivity contribution in [1.29, 1.82) is 0 Å². The lowest BCUT2D eigenvalue weighted by atomic mass is 9.90. The zero-order chi connectivity index (χ0) is 11.7. The number of ether oxygens (including phenoxy) is 2. The van der Waals surface area contributed by atoms with Crippen molar-refractivity contribution in [3.63, 3.8) is 0 Å².